The molecule has 4 nitrogen and oxygen atoms in total. The molecular weight excluding hydrogens is 214 g/mol. The van der Waals surface area contributed by atoms with Crippen LogP contribution in [0.4, 0.5) is 4.79 Å². The van der Waals surface area contributed by atoms with Crippen molar-refractivity contribution >= 4 is 11.7 Å². The average molecular weight is 235 g/mol. The molecule has 0 spiro atoms. The number of nitrogens with two attached hydrogens (primary N) is 1. The van der Waals surface area contributed by atoms with Crippen LogP contribution in [0.3, 0.4) is 0 Å². The van der Waals surface area contributed by atoms with E-state index >= 15 is 0 Å². The number of urea groups is 1. The molecule has 1 atom stereocenters. The van der Waals surface area contributed by atoms with Gasteiger partial charge < -0.3 is 5.73 Å². The fraction of sp³-hybridized carbons (Fsp3) is 0.538. The van der Waals surface area contributed by atoms with Crippen molar-refractivity contribution < 1.29 is 4.79 Å². The van der Waals surface area contributed by atoms with Crippen molar-refractivity contribution in [3.8, 4) is 0 Å². The van der Waals surface area contributed by atoms with E-state index in [0.717, 1.165) is 25.0 Å². The lowest BCUT2D eigenvalue weighted by Gasteiger charge is -2.22. The highest BCUT2D eigenvalue weighted by Gasteiger charge is 2.18. The van der Waals surface area contributed by atoms with Gasteiger partial charge in [-0.15, -0.1) is 6.58 Å². The fourth-order valence-corrected chi connectivity index (χ4v) is 2.16. The summed E-state index contributed by atoms with van der Waals surface area (Å²) in [4.78, 5) is 10.6. The van der Waals surface area contributed by atoms with Gasteiger partial charge in [0.2, 0.25) is 0 Å². The Labute approximate surface area is 103 Å². The van der Waals surface area contributed by atoms with Crippen LogP contribution in [0.5, 0.6) is 0 Å². The Bertz CT molecular complexity index is 345. The zero-order valence-corrected chi connectivity index (χ0v) is 10.4. The number of hydrogen-bond acceptors (Lipinski definition) is 2. The number of carbonyl (C=O) groups excluding carboxylic acids is 1. The number of nitrogens with zero attached hydrogens (tertiary/aromatic N) is 1. The van der Waals surface area contributed by atoms with E-state index in [4.69, 9.17) is 5.73 Å². The van der Waals surface area contributed by atoms with Gasteiger partial charge in [0.15, 0.2) is 0 Å². The van der Waals surface area contributed by atoms with Crippen molar-refractivity contribution in [1.29, 1.82) is 0 Å². The zero-order chi connectivity index (χ0) is 12.7. The summed E-state index contributed by atoms with van der Waals surface area (Å²) in [6, 6.07) is -0.626. The SMILES string of the molecule is C=CCC(C1=CCCCC1)/C(C)=N/NC(N)=O. The molecule has 1 rings (SSSR count). The quantitative estimate of drug-likeness (QED) is 0.429. The molecule has 0 heterocycles. The van der Waals surface area contributed by atoms with Gasteiger partial charge in [0.1, 0.15) is 0 Å². The number of hydrogen-bond donors (Lipinski definition) is 2. The lowest BCUT2D eigenvalue weighted by atomic mass is 9.84. The molecule has 3 N–H and O–H groups in total. The lowest BCUT2D eigenvalue weighted by Crippen LogP contribution is -2.27. The first-order chi connectivity index (χ1) is 8.15. The Balaban J connectivity index is 2.76. The topological polar surface area (TPSA) is 67.5 Å². The maximum atomic E-state index is 10.6. The lowest BCUT2D eigenvalue weighted by molar-refractivity contribution is 0.249. The minimum absolute atomic E-state index is 0.250. The summed E-state index contributed by atoms with van der Waals surface area (Å²) in [6.45, 7) is 5.69. The Hall–Kier alpha value is -1.58. The third-order valence-corrected chi connectivity index (χ3v) is 3.02. The second-order valence-electron chi connectivity index (χ2n) is 4.33. The van der Waals surface area contributed by atoms with Crippen LogP contribution in [0.25, 0.3) is 0 Å². The molecule has 17 heavy (non-hydrogen) atoms. The highest BCUT2D eigenvalue weighted by Crippen LogP contribution is 2.27. The molecule has 0 fully saturated rings. The van der Waals surface area contributed by atoms with Crippen molar-refractivity contribution in [2.45, 2.75) is 39.0 Å². The van der Waals surface area contributed by atoms with Crippen LogP contribution in [0, 0.1) is 5.92 Å². The first kappa shape index (κ1) is 13.5. The predicted octanol–water partition coefficient (Wildman–Crippen LogP) is 2.72. The van der Waals surface area contributed by atoms with Gasteiger partial charge in [-0.05, 0) is 39.0 Å². The minimum atomic E-state index is -0.626. The molecule has 0 aromatic rings. The summed E-state index contributed by atoms with van der Waals surface area (Å²) in [5.41, 5.74) is 9.58. The van der Waals surface area contributed by atoms with Crippen molar-refractivity contribution in [2.75, 3.05) is 0 Å². The van der Waals surface area contributed by atoms with Gasteiger partial charge in [0, 0.05) is 11.6 Å². The van der Waals surface area contributed by atoms with Crippen LogP contribution >= 0.6 is 0 Å². The third kappa shape index (κ3) is 4.43. The van der Waals surface area contributed by atoms with E-state index in [2.05, 4.69) is 23.2 Å². The molecule has 4 heteroatoms. The summed E-state index contributed by atoms with van der Waals surface area (Å²) in [5, 5.41) is 4.02. The Morgan fingerprint density at radius 2 is 2.47 bits per heavy atom. The summed E-state index contributed by atoms with van der Waals surface area (Å²) in [6.07, 6.45) is 9.78. The van der Waals surface area contributed by atoms with E-state index in [1.807, 2.05) is 13.0 Å². The number of nitrogens with one attached hydrogen (secondary N) is 1. The Morgan fingerprint density at radius 3 is 3.00 bits per heavy atom. The van der Waals surface area contributed by atoms with Crippen LogP contribution in [-0.2, 0) is 0 Å². The average Bonchev–Trinajstić information content (AvgIpc) is 2.34. The van der Waals surface area contributed by atoms with E-state index in [0.29, 0.717) is 0 Å². The van der Waals surface area contributed by atoms with Gasteiger partial charge in [-0.25, -0.2) is 10.2 Å². The van der Waals surface area contributed by atoms with Gasteiger partial charge in [-0.2, -0.15) is 5.10 Å². The second-order valence-corrected chi connectivity index (χ2v) is 4.33. The number of primary amides is 1. The molecule has 1 unspecified atom stereocenters. The van der Waals surface area contributed by atoms with Crippen LogP contribution in [-0.4, -0.2) is 11.7 Å². The number of rotatable bonds is 5. The molecular formula is C13H21N3O. The Morgan fingerprint density at radius 1 is 1.71 bits per heavy atom. The molecule has 1 aliphatic carbocycles. The monoisotopic (exact) mass is 235 g/mol. The normalized spacial score (nSPS) is 18.2. The maximum Gasteiger partial charge on any atom is 0.332 e. The van der Waals surface area contributed by atoms with Crippen LogP contribution in [0.2, 0.25) is 0 Å². The summed E-state index contributed by atoms with van der Waals surface area (Å²) >= 11 is 0. The molecule has 0 aromatic heterocycles. The van der Waals surface area contributed by atoms with E-state index in [1.54, 1.807) is 0 Å². The molecule has 0 bridgehead atoms. The summed E-state index contributed by atoms with van der Waals surface area (Å²) in [5.74, 6) is 0.250. The largest absolute Gasteiger partial charge is 0.350 e. The van der Waals surface area contributed by atoms with Crippen molar-refractivity contribution in [3.05, 3.63) is 24.3 Å². The predicted molar refractivity (Wildman–Crippen MR) is 70.7 cm³/mol. The highest BCUT2D eigenvalue weighted by molar-refractivity contribution is 5.88. The van der Waals surface area contributed by atoms with E-state index < -0.39 is 6.03 Å². The molecule has 2 amide bonds. The molecule has 0 aromatic carbocycles. The second kappa shape index (κ2) is 6.89. The smallest absolute Gasteiger partial charge is 0.332 e. The first-order valence-corrected chi connectivity index (χ1v) is 6.04. The molecule has 0 radical (unpaired) electrons. The van der Waals surface area contributed by atoms with Gasteiger partial charge >= 0.3 is 6.03 Å². The highest BCUT2D eigenvalue weighted by atomic mass is 16.2. The van der Waals surface area contributed by atoms with Gasteiger partial charge in [-0.3, -0.25) is 0 Å². The number of hydrazone groups is 1. The standard InChI is InChI=1S/C13H21N3O/c1-3-7-12(10(2)15-16-13(14)17)11-8-5-4-6-9-11/h3,8,12H,1,4-7,9H2,2H3,(H3,14,16,17)/b15-10+. The van der Waals surface area contributed by atoms with Crippen LogP contribution in [0.1, 0.15) is 39.0 Å². The zero-order valence-electron chi connectivity index (χ0n) is 10.4. The Kier molecular flexibility index (Phi) is 5.46. The maximum absolute atomic E-state index is 10.6. The third-order valence-electron chi connectivity index (χ3n) is 3.02. The van der Waals surface area contributed by atoms with E-state index in [9.17, 15) is 4.79 Å². The van der Waals surface area contributed by atoms with Gasteiger partial charge in [-0.1, -0.05) is 17.7 Å². The number of amides is 2. The minimum Gasteiger partial charge on any atom is -0.350 e. The summed E-state index contributed by atoms with van der Waals surface area (Å²) < 4.78 is 0. The molecule has 1 aliphatic rings. The van der Waals surface area contributed by atoms with Crippen LogP contribution < -0.4 is 11.2 Å². The number of allylic oxidation sites excluding steroid dienone is 3. The molecule has 0 saturated carbocycles. The molecule has 0 aliphatic heterocycles. The van der Waals surface area contributed by atoms with E-state index in [-0.39, 0.29) is 5.92 Å². The first-order valence-electron chi connectivity index (χ1n) is 6.04. The van der Waals surface area contributed by atoms with Crippen molar-refractivity contribution in [1.82, 2.24) is 5.43 Å². The van der Waals surface area contributed by atoms with Gasteiger partial charge in [0.05, 0.1) is 0 Å². The van der Waals surface area contributed by atoms with Crippen molar-refractivity contribution in [3.63, 3.8) is 0 Å². The molecule has 0 saturated heterocycles. The molecule has 94 valence electrons. The van der Waals surface area contributed by atoms with Crippen LogP contribution in [0.15, 0.2) is 29.4 Å². The van der Waals surface area contributed by atoms with Crippen molar-refractivity contribution in [2.24, 2.45) is 16.8 Å². The fourth-order valence-electron chi connectivity index (χ4n) is 2.16. The summed E-state index contributed by atoms with van der Waals surface area (Å²) in [7, 11) is 0. The van der Waals surface area contributed by atoms with Gasteiger partial charge in [0.25, 0.3) is 0 Å². The van der Waals surface area contributed by atoms with E-state index in [1.165, 1.54) is 18.4 Å². The number of carbonyl (C=O) groups is 1.